The molecule has 0 radical (unpaired) electrons. The minimum atomic E-state index is 0.0426. The number of carbonyl (C=O) groups is 1. The molecule has 0 spiro atoms. The van der Waals surface area contributed by atoms with Crippen molar-refractivity contribution in [2.75, 3.05) is 6.54 Å². The largest absolute Gasteiger partial charge is 0.354 e. The van der Waals surface area contributed by atoms with Crippen LogP contribution in [0, 0.1) is 6.92 Å². The molecule has 0 aromatic carbocycles. The van der Waals surface area contributed by atoms with Crippen LogP contribution in [0.15, 0.2) is 10.7 Å². The number of aryl methyl sites for hydroxylation is 1. The first kappa shape index (κ1) is 26.2. The van der Waals surface area contributed by atoms with Crippen LogP contribution in [-0.2, 0) is 11.3 Å². The predicted molar refractivity (Wildman–Crippen MR) is 127 cm³/mol. The molecule has 0 fully saturated rings. The summed E-state index contributed by atoms with van der Waals surface area (Å²) in [4.78, 5) is 11.9. The van der Waals surface area contributed by atoms with Crippen molar-refractivity contribution >= 4 is 21.8 Å². The van der Waals surface area contributed by atoms with E-state index in [4.69, 9.17) is 0 Å². The van der Waals surface area contributed by atoms with Gasteiger partial charge in [0.05, 0.1) is 10.2 Å². The Bertz CT molecular complexity index is 511. The number of amides is 1. The van der Waals surface area contributed by atoms with Gasteiger partial charge in [-0.3, -0.25) is 9.48 Å². The quantitative estimate of drug-likeness (QED) is 0.215. The van der Waals surface area contributed by atoms with Gasteiger partial charge in [0.25, 0.3) is 0 Å². The molecule has 1 aromatic heterocycles. The second kappa shape index (κ2) is 18.0. The number of nitrogens with one attached hydrogen (secondary N) is 1. The fourth-order valence-corrected chi connectivity index (χ4v) is 3.99. The summed E-state index contributed by atoms with van der Waals surface area (Å²) in [6.07, 6.45) is 23.8. The van der Waals surface area contributed by atoms with Gasteiger partial charge in [0.1, 0.15) is 6.54 Å². The van der Waals surface area contributed by atoms with E-state index in [1.54, 1.807) is 4.68 Å². The minimum Gasteiger partial charge on any atom is -0.354 e. The van der Waals surface area contributed by atoms with Gasteiger partial charge in [0.15, 0.2) is 0 Å². The highest BCUT2D eigenvalue weighted by atomic mass is 79.9. The van der Waals surface area contributed by atoms with Crippen LogP contribution in [0.4, 0.5) is 0 Å². The van der Waals surface area contributed by atoms with Gasteiger partial charge < -0.3 is 5.32 Å². The lowest BCUT2D eigenvalue weighted by atomic mass is 10.0. The first-order valence-corrected chi connectivity index (χ1v) is 12.9. The Hall–Kier alpha value is -0.840. The first-order valence-electron chi connectivity index (χ1n) is 12.1. The van der Waals surface area contributed by atoms with Crippen molar-refractivity contribution < 1.29 is 4.79 Å². The minimum absolute atomic E-state index is 0.0426. The molecule has 29 heavy (non-hydrogen) atoms. The number of hydrogen-bond donors (Lipinski definition) is 1. The molecule has 1 heterocycles. The van der Waals surface area contributed by atoms with Crippen molar-refractivity contribution in [2.45, 2.75) is 123 Å². The fourth-order valence-electron chi connectivity index (χ4n) is 3.68. The van der Waals surface area contributed by atoms with Crippen molar-refractivity contribution in [1.82, 2.24) is 15.1 Å². The van der Waals surface area contributed by atoms with E-state index < -0.39 is 0 Å². The summed E-state index contributed by atoms with van der Waals surface area (Å²) < 4.78 is 2.63. The Morgan fingerprint density at radius 3 is 1.72 bits per heavy atom. The third-order valence-electron chi connectivity index (χ3n) is 5.54. The Morgan fingerprint density at radius 2 is 1.31 bits per heavy atom. The zero-order valence-electron chi connectivity index (χ0n) is 19.0. The number of carbonyl (C=O) groups excluding carboxylic acids is 1. The third-order valence-corrected chi connectivity index (χ3v) is 6.32. The lowest BCUT2D eigenvalue weighted by Gasteiger charge is -2.06. The molecule has 4 nitrogen and oxygen atoms in total. The standard InChI is InChI=1S/C24H44BrN3O/c1-3-4-5-6-7-8-9-10-11-12-13-14-15-16-17-18-19-26-24(29)21-28-20-23(25)22(2)27-28/h20H,3-19,21H2,1-2H3,(H,26,29). The van der Waals surface area contributed by atoms with Crippen LogP contribution in [0.3, 0.4) is 0 Å². The number of halogens is 1. The van der Waals surface area contributed by atoms with Crippen molar-refractivity contribution in [3.63, 3.8) is 0 Å². The van der Waals surface area contributed by atoms with E-state index in [1.807, 2.05) is 13.1 Å². The molecule has 1 aromatic rings. The Morgan fingerprint density at radius 1 is 0.862 bits per heavy atom. The summed E-state index contributed by atoms with van der Waals surface area (Å²) in [5.74, 6) is 0.0426. The van der Waals surface area contributed by atoms with Gasteiger partial charge in [-0.1, -0.05) is 103 Å². The van der Waals surface area contributed by atoms with Gasteiger partial charge in [0, 0.05) is 12.7 Å². The first-order chi connectivity index (χ1) is 14.1. The monoisotopic (exact) mass is 469 g/mol. The third kappa shape index (κ3) is 14.7. The average Bonchev–Trinajstić information content (AvgIpc) is 3.01. The van der Waals surface area contributed by atoms with Crippen molar-refractivity contribution in [3.05, 3.63) is 16.4 Å². The Balaban J connectivity index is 1.78. The van der Waals surface area contributed by atoms with Gasteiger partial charge in [0.2, 0.25) is 5.91 Å². The molecule has 5 heteroatoms. The second-order valence-corrected chi connectivity index (χ2v) is 9.27. The summed E-state index contributed by atoms with van der Waals surface area (Å²) in [5.41, 5.74) is 0.913. The van der Waals surface area contributed by atoms with Gasteiger partial charge >= 0.3 is 0 Å². The summed E-state index contributed by atoms with van der Waals surface area (Å²) in [6, 6.07) is 0. The van der Waals surface area contributed by atoms with Gasteiger partial charge in [-0.25, -0.2) is 0 Å². The van der Waals surface area contributed by atoms with E-state index in [0.717, 1.165) is 23.1 Å². The van der Waals surface area contributed by atoms with Crippen molar-refractivity contribution in [2.24, 2.45) is 0 Å². The highest BCUT2D eigenvalue weighted by Crippen LogP contribution is 2.14. The van der Waals surface area contributed by atoms with Crippen LogP contribution in [0.5, 0.6) is 0 Å². The highest BCUT2D eigenvalue weighted by Gasteiger charge is 2.06. The summed E-state index contributed by atoms with van der Waals surface area (Å²) in [5, 5.41) is 7.28. The maximum atomic E-state index is 11.9. The van der Waals surface area contributed by atoms with Gasteiger partial charge in [-0.2, -0.15) is 5.10 Å². The van der Waals surface area contributed by atoms with Crippen LogP contribution >= 0.6 is 15.9 Å². The number of aromatic nitrogens is 2. The normalized spacial score (nSPS) is 11.1. The van der Waals surface area contributed by atoms with Crippen molar-refractivity contribution in [1.29, 1.82) is 0 Å². The van der Waals surface area contributed by atoms with E-state index in [-0.39, 0.29) is 5.91 Å². The second-order valence-electron chi connectivity index (χ2n) is 8.41. The zero-order chi connectivity index (χ0) is 21.2. The molecule has 0 aliphatic rings. The Kier molecular flexibility index (Phi) is 16.2. The molecule has 1 rings (SSSR count). The summed E-state index contributed by atoms with van der Waals surface area (Å²) in [6.45, 7) is 5.28. The van der Waals surface area contributed by atoms with Crippen LogP contribution in [0.2, 0.25) is 0 Å². The topological polar surface area (TPSA) is 46.9 Å². The molecule has 0 aliphatic carbocycles. The molecular weight excluding hydrogens is 426 g/mol. The van der Waals surface area contributed by atoms with Crippen molar-refractivity contribution in [3.8, 4) is 0 Å². The number of unbranched alkanes of at least 4 members (excludes halogenated alkanes) is 15. The predicted octanol–water partition coefficient (Wildman–Crippen LogP) is 7.33. The molecule has 1 N–H and O–H groups in total. The lowest BCUT2D eigenvalue weighted by Crippen LogP contribution is -2.28. The van der Waals surface area contributed by atoms with Gasteiger partial charge in [-0.15, -0.1) is 0 Å². The van der Waals surface area contributed by atoms with E-state index in [9.17, 15) is 4.79 Å². The molecule has 1 amide bonds. The van der Waals surface area contributed by atoms with E-state index in [2.05, 4.69) is 33.3 Å². The zero-order valence-corrected chi connectivity index (χ0v) is 20.6. The Labute approximate surface area is 187 Å². The number of rotatable bonds is 19. The molecular formula is C24H44BrN3O. The average molecular weight is 471 g/mol. The molecule has 0 saturated carbocycles. The van der Waals surface area contributed by atoms with Gasteiger partial charge in [-0.05, 0) is 29.3 Å². The van der Waals surface area contributed by atoms with E-state index in [1.165, 1.54) is 96.3 Å². The fraction of sp³-hybridized carbons (Fsp3) is 0.833. The molecule has 0 saturated heterocycles. The molecule has 0 aliphatic heterocycles. The maximum Gasteiger partial charge on any atom is 0.241 e. The summed E-state index contributed by atoms with van der Waals surface area (Å²) in [7, 11) is 0. The van der Waals surface area contributed by atoms with Crippen LogP contribution < -0.4 is 5.32 Å². The van der Waals surface area contributed by atoms with Crippen LogP contribution in [-0.4, -0.2) is 22.2 Å². The molecule has 0 bridgehead atoms. The van der Waals surface area contributed by atoms with E-state index >= 15 is 0 Å². The van der Waals surface area contributed by atoms with Crippen LogP contribution in [0.25, 0.3) is 0 Å². The van der Waals surface area contributed by atoms with E-state index in [0.29, 0.717) is 6.54 Å². The lowest BCUT2D eigenvalue weighted by molar-refractivity contribution is -0.121. The number of hydrogen-bond acceptors (Lipinski definition) is 2. The number of nitrogens with zero attached hydrogens (tertiary/aromatic N) is 2. The SMILES string of the molecule is CCCCCCCCCCCCCCCCCCNC(=O)Cn1cc(Br)c(C)n1. The smallest absolute Gasteiger partial charge is 0.241 e. The van der Waals surface area contributed by atoms with Crippen LogP contribution in [0.1, 0.15) is 115 Å². The summed E-state index contributed by atoms with van der Waals surface area (Å²) >= 11 is 3.42. The molecule has 168 valence electrons. The highest BCUT2D eigenvalue weighted by molar-refractivity contribution is 9.10. The molecule has 0 unspecified atom stereocenters. The molecule has 0 atom stereocenters. The maximum absolute atomic E-state index is 11.9.